The zero-order chi connectivity index (χ0) is 20.8. The molecule has 152 valence electrons. The van der Waals surface area contributed by atoms with Crippen molar-refractivity contribution in [3.8, 4) is 0 Å². The second-order valence-electron chi connectivity index (χ2n) is 4.76. The standard InChI is InChI=1S/C8H12N2O3.C6H7NO3.C2H7NO/c1-4-6-5-7(9-13-6)8(11)10(2)12-3;1-2-4-3-5(6(8)9)7-10-4;1-3-4-2/h5H,4H2,1-3H3;3H,2H2,1H3,(H,8,9);3H,1-2H3. The number of rotatable bonds is 6. The summed E-state index contributed by atoms with van der Waals surface area (Å²) in [5.41, 5.74) is 2.66. The molecule has 0 saturated heterocycles. The Morgan fingerprint density at radius 1 is 1.11 bits per heavy atom. The lowest BCUT2D eigenvalue weighted by atomic mass is 10.3. The Morgan fingerprint density at radius 3 is 1.85 bits per heavy atom. The van der Waals surface area contributed by atoms with E-state index < -0.39 is 5.97 Å². The van der Waals surface area contributed by atoms with E-state index in [1.165, 1.54) is 20.2 Å². The summed E-state index contributed by atoms with van der Waals surface area (Å²) in [5, 5.41) is 16.4. The molecule has 2 heterocycles. The molecule has 27 heavy (non-hydrogen) atoms. The smallest absolute Gasteiger partial charge is 0.358 e. The van der Waals surface area contributed by atoms with E-state index in [4.69, 9.17) is 14.5 Å². The molecule has 0 radical (unpaired) electrons. The van der Waals surface area contributed by atoms with Gasteiger partial charge in [-0.2, -0.15) is 0 Å². The largest absolute Gasteiger partial charge is 0.476 e. The van der Waals surface area contributed by atoms with Crippen molar-refractivity contribution in [1.29, 1.82) is 0 Å². The fourth-order valence-electron chi connectivity index (χ4n) is 1.41. The van der Waals surface area contributed by atoms with Gasteiger partial charge in [0.15, 0.2) is 11.4 Å². The summed E-state index contributed by atoms with van der Waals surface area (Å²) in [6.45, 7) is 3.79. The quantitative estimate of drug-likeness (QED) is 0.703. The maximum Gasteiger partial charge on any atom is 0.358 e. The molecule has 11 nitrogen and oxygen atoms in total. The van der Waals surface area contributed by atoms with Crippen LogP contribution < -0.4 is 5.48 Å². The van der Waals surface area contributed by atoms with Crippen LogP contribution in [0, 0.1) is 0 Å². The second-order valence-corrected chi connectivity index (χ2v) is 4.76. The van der Waals surface area contributed by atoms with Crippen molar-refractivity contribution in [2.45, 2.75) is 26.7 Å². The number of carbonyl (C=O) groups is 2. The summed E-state index contributed by atoms with van der Waals surface area (Å²) in [4.78, 5) is 30.6. The van der Waals surface area contributed by atoms with Crippen LogP contribution in [0.25, 0.3) is 0 Å². The molecule has 0 saturated carbocycles. The van der Waals surface area contributed by atoms with Crippen molar-refractivity contribution >= 4 is 11.9 Å². The van der Waals surface area contributed by atoms with E-state index in [9.17, 15) is 9.59 Å². The highest BCUT2D eigenvalue weighted by Gasteiger charge is 2.15. The van der Waals surface area contributed by atoms with Crippen LogP contribution in [0.3, 0.4) is 0 Å². The molecule has 2 aromatic rings. The molecule has 0 spiro atoms. The van der Waals surface area contributed by atoms with E-state index >= 15 is 0 Å². The number of aromatic carboxylic acids is 1. The highest BCUT2D eigenvalue weighted by molar-refractivity contribution is 5.91. The van der Waals surface area contributed by atoms with Gasteiger partial charge in [-0.25, -0.2) is 15.3 Å². The Bertz CT molecular complexity index is 682. The number of carboxylic acid groups (broad SMARTS) is 1. The molecule has 0 aliphatic carbocycles. The van der Waals surface area contributed by atoms with Gasteiger partial charge in [0.1, 0.15) is 11.5 Å². The van der Waals surface area contributed by atoms with Crippen LogP contribution in [-0.4, -0.2) is 60.7 Å². The summed E-state index contributed by atoms with van der Waals surface area (Å²) >= 11 is 0. The molecule has 0 atom stereocenters. The van der Waals surface area contributed by atoms with Crippen molar-refractivity contribution in [3.63, 3.8) is 0 Å². The lowest BCUT2D eigenvalue weighted by Gasteiger charge is -2.10. The van der Waals surface area contributed by atoms with Crippen LogP contribution in [0.1, 0.15) is 46.3 Å². The molecule has 2 rings (SSSR count). The molecule has 0 aromatic carbocycles. The van der Waals surface area contributed by atoms with E-state index in [-0.39, 0.29) is 17.3 Å². The van der Waals surface area contributed by atoms with Crippen LogP contribution in [-0.2, 0) is 22.5 Å². The predicted octanol–water partition coefficient (Wildman–Crippen LogP) is 1.57. The fraction of sp³-hybridized carbons (Fsp3) is 0.500. The van der Waals surface area contributed by atoms with Gasteiger partial charge < -0.3 is 19.0 Å². The normalized spacial score (nSPS) is 9.56. The van der Waals surface area contributed by atoms with Gasteiger partial charge in [-0.15, -0.1) is 0 Å². The summed E-state index contributed by atoms with van der Waals surface area (Å²) in [5.74, 6) is -0.0837. The minimum Gasteiger partial charge on any atom is -0.476 e. The molecule has 0 bridgehead atoms. The van der Waals surface area contributed by atoms with E-state index in [2.05, 4.69) is 25.2 Å². The Morgan fingerprint density at radius 2 is 1.56 bits per heavy atom. The number of nitrogens with zero attached hydrogens (tertiary/aromatic N) is 3. The zero-order valence-electron chi connectivity index (χ0n) is 16.3. The lowest BCUT2D eigenvalue weighted by Crippen LogP contribution is -2.25. The van der Waals surface area contributed by atoms with Crippen molar-refractivity contribution in [3.05, 3.63) is 35.0 Å². The van der Waals surface area contributed by atoms with Gasteiger partial charge in [-0.3, -0.25) is 9.63 Å². The third kappa shape index (κ3) is 8.94. The van der Waals surface area contributed by atoms with Crippen molar-refractivity contribution in [1.82, 2.24) is 20.9 Å². The van der Waals surface area contributed by atoms with E-state index in [0.29, 0.717) is 17.9 Å². The number of hydrogen-bond donors (Lipinski definition) is 2. The third-order valence-electron chi connectivity index (χ3n) is 3.02. The first-order valence-electron chi connectivity index (χ1n) is 8.00. The maximum absolute atomic E-state index is 11.4. The molecular weight excluding hydrogens is 360 g/mol. The van der Waals surface area contributed by atoms with Gasteiger partial charge in [-0.05, 0) is 0 Å². The first-order chi connectivity index (χ1) is 12.8. The van der Waals surface area contributed by atoms with Crippen LogP contribution in [0.15, 0.2) is 21.2 Å². The number of hydroxylamine groups is 3. The summed E-state index contributed by atoms with van der Waals surface area (Å²) in [6.07, 6.45) is 1.39. The summed E-state index contributed by atoms with van der Waals surface area (Å²) in [7, 11) is 6.21. The minimum absolute atomic E-state index is 0.0307. The monoisotopic (exact) mass is 386 g/mol. The highest BCUT2D eigenvalue weighted by atomic mass is 16.7. The fourth-order valence-corrected chi connectivity index (χ4v) is 1.41. The third-order valence-corrected chi connectivity index (χ3v) is 3.02. The van der Waals surface area contributed by atoms with Crippen molar-refractivity contribution in [2.24, 2.45) is 0 Å². The SMILES string of the molecule is CCc1cc(C(=O)N(C)OC)no1.CCc1cc(C(=O)O)no1.CNOC. The topological polar surface area (TPSA) is 140 Å². The molecule has 0 fully saturated rings. The van der Waals surface area contributed by atoms with Gasteiger partial charge >= 0.3 is 5.97 Å². The van der Waals surface area contributed by atoms with Crippen molar-refractivity contribution in [2.75, 3.05) is 28.3 Å². The first-order valence-corrected chi connectivity index (χ1v) is 8.00. The Hall–Kier alpha value is -2.76. The molecule has 0 aliphatic heterocycles. The van der Waals surface area contributed by atoms with Crippen LogP contribution in [0.4, 0.5) is 0 Å². The van der Waals surface area contributed by atoms with Gasteiger partial charge in [0, 0.05) is 39.1 Å². The highest BCUT2D eigenvalue weighted by Crippen LogP contribution is 2.06. The number of carbonyl (C=O) groups excluding carboxylic acids is 1. The van der Waals surface area contributed by atoms with Crippen LogP contribution >= 0.6 is 0 Å². The van der Waals surface area contributed by atoms with Gasteiger partial charge in [0.25, 0.3) is 5.91 Å². The number of nitrogens with one attached hydrogen (secondary N) is 1. The lowest BCUT2D eigenvalue weighted by molar-refractivity contribution is -0.0762. The number of aryl methyl sites for hydroxylation is 2. The molecule has 11 heteroatoms. The first kappa shape index (κ1) is 24.2. The Labute approximate surface area is 157 Å². The minimum atomic E-state index is -1.05. The molecule has 2 N–H and O–H groups in total. The average Bonchev–Trinajstić information content (AvgIpc) is 3.36. The second kappa shape index (κ2) is 13.4. The number of hydrogen-bond acceptors (Lipinski definition) is 9. The predicted molar refractivity (Wildman–Crippen MR) is 93.9 cm³/mol. The van der Waals surface area contributed by atoms with Gasteiger partial charge in [0.05, 0.1) is 14.2 Å². The van der Waals surface area contributed by atoms with Crippen LogP contribution in [0.5, 0.6) is 0 Å². The molecule has 0 aliphatic rings. The number of amides is 1. The van der Waals surface area contributed by atoms with Gasteiger partial charge in [-0.1, -0.05) is 24.2 Å². The van der Waals surface area contributed by atoms with Crippen LogP contribution in [0.2, 0.25) is 0 Å². The van der Waals surface area contributed by atoms with E-state index in [1.807, 2.05) is 13.8 Å². The van der Waals surface area contributed by atoms with E-state index in [1.54, 1.807) is 20.2 Å². The van der Waals surface area contributed by atoms with Gasteiger partial charge in [0.2, 0.25) is 0 Å². The number of aromatic nitrogens is 2. The average molecular weight is 386 g/mol. The molecule has 2 aromatic heterocycles. The zero-order valence-corrected chi connectivity index (χ0v) is 16.3. The molecular formula is C16H26N4O7. The van der Waals surface area contributed by atoms with E-state index in [0.717, 1.165) is 11.5 Å². The Balaban J connectivity index is 0.000000428. The molecule has 0 unspecified atom stereocenters. The Kier molecular flexibility index (Phi) is 12.1. The summed E-state index contributed by atoms with van der Waals surface area (Å²) in [6, 6.07) is 3.03. The number of carboxylic acids is 1. The molecule has 1 amide bonds. The summed E-state index contributed by atoms with van der Waals surface area (Å²) < 4.78 is 9.52. The maximum atomic E-state index is 11.4. The van der Waals surface area contributed by atoms with Crippen molar-refractivity contribution < 1.29 is 33.4 Å².